The molecule has 6 nitrogen and oxygen atoms in total. The van der Waals surface area contributed by atoms with Crippen molar-refractivity contribution in [3.63, 3.8) is 0 Å². The summed E-state index contributed by atoms with van der Waals surface area (Å²) in [6, 6.07) is 12.8. The number of nitrogens with one attached hydrogen (secondary N) is 1. The predicted molar refractivity (Wildman–Crippen MR) is 103 cm³/mol. The van der Waals surface area contributed by atoms with Gasteiger partial charge < -0.3 is 19.5 Å². The highest BCUT2D eigenvalue weighted by atomic mass is 32.2. The highest BCUT2D eigenvalue weighted by Crippen LogP contribution is 2.34. The van der Waals surface area contributed by atoms with Gasteiger partial charge in [0, 0.05) is 5.56 Å². The molecule has 1 heterocycles. The second kappa shape index (κ2) is 7.97. The molecule has 1 aliphatic heterocycles. The monoisotopic (exact) mass is 370 g/mol. The molecule has 26 heavy (non-hydrogen) atoms. The number of aliphatic imine (C=N–C) groups is 1. The van der Waals surface area contributed by atoms with Crippen molar-refractivity contribution in [1.82, 2.24) is 5.32 Å². The Hall–Kier alpha value is -2.93. The molecule has 1 saturated heterocycles. The van der Waals surface area contributed by atoms with Gasteiger partial charge in [-0.2, -0.15) is 0 Å². The Morgan fingerprint density at radius 3 is 2.50 bits per heavy atom. The van der Waals surface area contributed by atoms with E-state index in [0.29, 0.717) is 33.0 Å². The quantitative estimate of drug-likeness (QED) is 0.815. The molecule has 7 heteroatoms. The Bertz CT molecular complexity index is 893. The summed E-state index contributed by atoms with van der Waals surface area (Å²) in [5.74, 6) is 1.76. The zero-order valence-corrected chi connectivity index (χ0v) is 15.4. The summed E-state index contributed by atoms with van der Waals surface area (Å²) >= 11 is 1.26. The summed E-state index contributed by atoms with van der Waals surface area (Å²) in [5, 5.41) is 3.26. The van der Waals surface area contributed by atoms with Gasteiger partial charge in [0.05, 0.1) is 26.2 Å². The second-order valence-electron chi connectivity index (χ2n) is 5.26. The largest absolute Gasteiger partial charge is 0.497 e. The minimum absolute atomic E-state index is 0.214. The Kier molecular flexibility index (Phi) is 5.48. The van der Waals surface area contributed by atoms with Crippen LogP contribution in [0.25, 0.3) is 6.08 Å². The van der Waals surface area contributed by atoms with Gasteiger partial charge in [-0.3, -0.25) is 4.79 Å². The number of carbonyl (C=O) groups excluding carboxylic acids is 1. The first-order valence-electron chi connectivity index (χ1n) is 7.79. The zero-order valence-electron chi connectivity index (χ0n) is 14.6. The van der Waals surface area contributed by atoms with Crippen molar-refractivity contribution in [2.45, 2.75) is 0 Å². The first-order valence-corrected chi connectivity index (χ1v) is 8.61. The molecular weight excluding hydrogens is 352 g/mol. The van der Waals surface area contributed by atoms with E-state index in [4.69, 9.17) is 14.2 Å². The van der Waals surface area contributed by atoms with Crippen molar-refractivity contribution in [2.24, 2.45) is 4.99 Å². The first kappa shape index (κ1) is 17.9. The van der Waals surface area contributed by atoms with E-state index in [0.717, 1.165) is 5.56 Å². The predicted octanol–water partition coefficient (Wildman–Crippen LogP) is 3.60. The maximum Gasteiger partial charge on any atom is 0.264 e. The summed E-state index contributed by atoms with van der Waals surface area (Å²) in [6.07, 6.45) is 1.76. The van der Waals surface area contributed by atoms with E-state index in [1.54, 1.807) is 39.5 Å². The summed E-state index contributed by atoms with van der Waals surface area (Å²) < 4.78 is 15.9. The number of amides is 1. The van der Waals surface area contributed by atoms with Crippen LogP contribution in [0.3, 0.4) is 0 Å². The van der Waals surface area contributed by atoms with E-state index in [-0.39, 0.29) is 5.91 Å². The average Bonchev–Trinajstić information content (AvgIpc) is 3.01. The molecule has 1 aliphatic rings. The van der Waals surface area contributed by atoms with Crippen LogP contribution in [0.2, 0.25) is 0 Å². The molecule has 0 aromatic heterocycles. The van der Waals surface area contributed by atoms with Gasteiger partial charge in [-0.25, -0.2) is 4.99 Å². The smallest absolute Gasteiger partial charge is 0.264 e. The van der Waals surface area contributed by atoms with Crippen molar-refractivity contribution in [1.29, 1.82) is 0 Å². The van der Waals surface area contributed by atoms with Crippen molar-refractivity contribution in [3.05, 3.63) is 52.9 Å². The Morgan fingerprint density at radius 1 is 1.00 bits per heavy atom. The second-order valence-corrected chi connectivity index (χ2v) is 6.29. The lowest BCUT2D eigenvalue weighted by molar-refractivity contribution is -0.115. The van der Waals surface area contributed by atoms with E-state index in [2.05, 4.69) is 10.3 Å². The maximum absolute atomic E-state index is 12.3. The minimum Gasteiger partial charge on any atom is -0.497 e. The van der Waals surface area contributed by atoms with Gasteiger partial charge in [-0.05, 0) is 48.2 Å². The molecule has 1 fully saturated rings. The summed E-state index contributed by atoms with van der Waals surface area (Å²) in [6.45, 7) is 0. The van der Waals surface area contributed by atoms with Gasteiger partial charge >= 0.3 is 0 Å². The van der Waals surface area contributed by atoms with Crippen molar-refractivity contribution in [3.8, 4) is 17.2 Å². The average molecular weight is 370 g/mol. The molecule has 1 amide bonds. The van der Waals surface area contributed by atoms with E-state index in [1.165, 1.54) is 11.8 Å². The topological polar surface area (TPSA) is 69.2 Å². The van der Waals surface area contributed by atoms with Gasteiger partial charge in [-0.1, -0.05) is 12.1 Å². The molecule has 0 saturated carbocycles. The number of hydrogen-bond acceptors (Lipinski definition) is 6. The fourth-order valence-corrected chi connectivity index (χ4v) is 3.23. The van der Waals surface area contributed by atoms with Crippen LogP contribution in [0, 0.1) is 0 Å². The van der Waals surface area contributed by atoms with E-state index >= 15 is 0 Å². The number of carbonyl (C=O) groups is 1. The lowest BCUT2D eigenvalue weighted by Gasteiger charge is -2.07. The molecule has 2 aromatic rings. The number of ether oxygens (including phenoxy) is 3. The molecule has 0 unspecified atom stereocenters. The van der Waals surface area contributed by atoms with Crippen molar-refractivity contribution in [2.75, 3.05) is 21.3 Å². The highest BCUT2D eigenvalue weighted by Gasteiger charge is 2.24. The van der Waals surface area contributed by atoms with Crippen LogP contribution >= 0.6 is 11.8 Å². The van der Waals surface area contributed by atoms with Gasteiger partial charge in [-0.15, -0.1) is 0 Å². The Balaban J connectivity index is 1.91. The van der Waals surface area contributed by atoms with Gasteiger partial charge in [0.15, 0.2) is 5.17 Å². The van der Waals surface area contributed by atoms with Crippen LogP contribution in [0.1, 0.15) is 5.56 Å². The Morgan fingerprint density at radius 2 is 1.77 bits per heavy atom. The number of methoxy groups -OCH3 is 3. The molecule has 2 aromatic carbocycles. The van der Waals surface area contributed by atoms with Crippen LogP contribution in [0.15, 0.2) is 52.4 Å². The molecule has 0 atom stereocenters. The number of nitrogens with zero attached hydrogens (tertiary/aromatic N) is 1. The van der Waals surface area contributed by atoms with Crippen LogP contribution in [-0.4, -0.2) is 32.4 Å². The fraction of sp³-hybridized carbons (Fsp3) is 0.158. The maximum atomic E-state index is 12.3. The SMILES string of the molecule is COc1ccc(OC)c(/C=C2\SC(=Nc3ccccc3OC)NC2=O)c1. The highest BCUT2D eigenvalue weighted by molar-refractivity contribution is 8.18. The minimum atomic E-state index is -0.214. The number of amidine groups is 1. The molecule has 0 radical (unpaired) electrons. The van der Waals surface area contributed by atoms with Gasteiger partial charge in [0.1, 0.15) is 22.9 Å². The van der Waals surface area contributed by atoms with Gasteiger partial charge in [0.2, 0.25) is 0 Å². The summed E-state index contributed by atoms with van der Waals surface area (Å²) in [7, 11) is 4.76. The van der Waals surface area contributed by atoms with Crippen LogP contribution in [-0.2, 0) is 4.79 Å². The number of para-hydroxylation sites is 2. The fourth-order valence-electron chi connectivity index (χ4n) is 2.41. The summed E-state index contributed by atoms with van der Waals surface area (Å²) in [5.41, 5.74) is 1.40. The Labute approximate surface area is 155 Å². The molecule has 3 rings (SSSR count). The van der Waals surface area contributed by atoms with Crippen LogP contribution < -0.4 is 19.5 Å². The van der Waals surface area contributed by atoms with E-state index in [1.807, 2.05) is 30.3 Å². The van der Waals surface area contributed by atoms with Crippen molar-refractivity contribution >= 4 is 34.6 Å². The number of thioether (sulfide) groups is 1. The summed E-state index contributed by atoms with van der Waals surface area (Å²) in [4.78, 5) is 17.3. The number of hydrogen-bond donors (Lipinski definition) is 1. The molecule has 0 aliphatic carbocycles. The van der Waals surface area contributed by atoms with Crippen LogP contribution in [0.4, 0.5) is 5.69 Å². The molecule has 0 bridgehead atoms. The lowest BCUT2D eigenvalue weighted by Crippen LogP contribution is -2.19. The number of benzene rings is 2. The van der Waals surface area contributed by atoms with E-state index in [9.17, 15) is 4.79 Å². The molecule has 0 spiro atoms. The third-order valence-electron chi connectivity index (χ3n) is 3.68. The molecule has 1 N–H and O–H groups in total. The standard InChI is InChI=1S/C19H18N2O4S/c1-23-13-8-9-15(24-2)12(10-13)11-17-18(22)21-19(26-17)20-14-6-4-5-7-16(14)25-3/h4-11H,1-3H3,(H,20,21,22)/b17-11-. The third-order valence-corrected chi connectivity index (χ3v) is 4.59. The zero-order chi connectivity index (χ0) is 18.5. The van der Waals surface area contributed by atoms with Gasteiger partial charge in [0.25, 0.3) is 5.91 Å². The normalized spacial score (nSPS) is 16.7. The first-order chi connectivity index (χ1) is 12.6. The third kappa shape index (κ3) is 3.83. The molecular formula is C19H18N2O4S. The van der Waals surface area contributed by atoms with Crippen LogP contribution in [0.5, 0.6) is 17.2 Å². The molecule has 134 valence electrons. The van der Waals surface area contributed by atoms with E-state index < -0.39 is 0 Å². The van der Waals surface area contributed by atoms with Crippen molar-refractivity contribution < 1.29 is 19.0 Å². The lowest BCUT2D eigenvalue weighted by atomic mass is 10.1. The number of rotatable bonds is 5.